The number of nitrogens with zero attached hydrogens (tertiary/aromatic N) is 2. The number of carbonyl (C=O) groups is 1. The van der Waals surface area contributed by atoms with Gasteiger partial charge in [-0.15, -0.1) is 0 Å². The first kappa shape index (κ1) is 24.9. The molecule has 0 aliphatic heterocycles. The summed E-state index contributed by atoms with van der Waals surface area (Å²) in [5.41, 5.74) is 6.70. The van der Waals surface area contributed by atoms with Gasteiger partial charge in [0.15, 0.2) is 5.78 Å². The first-order chi connectivity index (χ1) is 16.8. The van der Waals surface area contributed by atoms with E-state index >= 15 is 0 Å². The molecule has 1 aliphatic rings. The van der Waals surface area contributed by atoms with Crippen molar-refractivity contribution >= 4 is 5.78 Å². The van der Waals surface area contributed by atoms with E-state index in [0.29, 0.717) is 5.92 Å². The third kappa shape index (κ3) is 5.53. The second-order valence-electron chi connectivity index (χ2n) is 9.17. The molecule has 0 unspecified atom stereocenters. The molecule has 1 aromatic carbocycles. The summed E-state index contributed by atoms with van der Waals surface area (Å²) in [7, 11) is 0. The zero-order valence-corrected chi connectivity index (χ0v) is 19.7. The Bertz CT molecular complexity index is 1200. The Kier molecular flexibility index (Phi) is 7.50. The predicted octanol–water partition coefficient (Wildman–Crippen LogP) is 5.62. The van der Waals surface area contributed by atoms with Gasteiger partial charge in [-0.2, -0.15) is 0 Å². The molecule has 3 atom stereocenters. The van der Waals surface area contributed by atoms with Gasteiger partial charge in [-0.1, -0.05) is 6.92 Å². The van der Waals surface area contributed by atoms with Crippen LogP contribution in [0.5, 0.6) is 5.75 Å². The molecule has 2 aromatic heterocycles. The number of nitrogens with two attached hydrogens (primary N) is 1. The Labute approximate surface area is 202 Å². The highest BCUT2D eigenvalue weighted by Crippen LogP contribution is 2.37. The van der Waals surface area contributed by atoms with Crippen LogP contribution in [0.1, 0.15) is 60.6 Å². The molecule has 5 nitrogen and oxygen atoms in total. The van der Waals surface area contributed by atoms with E-state index in [1.165, 1.54) is 6.07 Å². The first-order valence-electron chi connectivity index (χ1n) is 11.8. The summed E-state index contributed by atoms with van der Waals surface area (Å²) in [6.07, 6.45) is 6.08. The van der Waals surface area contributed by atoms with Crippen molar-refractivity contribution in [2.24, 2.45) is 11.7 Å². The maximum absolute atomic E-state index is 14.7. The second kappa shape index (κ2) is 10.6. The molecule has 4 rings (SSSR count). The van der Waals surface area contributed by atoms with Gasteiger partial charge in [-0.25, -0.2) is 18.2 Å². The molecule has 0 saturated heterocycles. The molecular formula is C27H28F3N3O2. The summed E-state index contributed by atoms with van der Waals surface area (Å²) in [6.45, 7) is 4.06. The molecule has 0 radical (unpaired) electrons. The van der Waals surface area contributed by atoms with Crippen LogP contribution in [0.25, 0.3) is 11.3 Å². The maximum Gasteiger partial charge on any atom is 0.185 e. The van der Waals surface area contributed by atoms with Crippen molar-refractivity contribution < 1.29 is 22.7 Å². The smallest absolute Gasteiger partial charge is 0.185 e. The molecule has 184 valence electrons. The molecular weight excluding hydrogens is 455 g/mol. The number of rotatable bonds is 7. The highest BCUT2D eigenvalue weighted by atomic mass is 19.1. The van der Waals surface area contributed by atoms with E-state index in [0.717, 1.165) is 48.6 Å². The van der Waals surface area contributed by atoms with Crippen molar-refractivity contribution in [3.8, 4) is 17.0 Å². The van der Waals surface area contributed by atoms with E-state index in [1.54, 1.807) is 19.3 Å². The number of halogens is 3. The largest absolute Gasteiger partial charge is 0.494 e. The van der Waals surface area contributed by atoms with Crippen LogP contribution in [0.3, 0.4) is 0 Å². The van der Waals surface area contributed by atoms with Crippen molar-refractivity contribution in [3.05, 3.63) is 77.0 Å². The molecule has 0 spiro atoms. The van der Waals surface area contributed by atoms with Gasteiger partial charge >= 0.3 is 0 Å². The summed E-state index contributed by atoms with van der Waals surface area (Å²) in [5, 5.41) is 0. The molecule has 1 saturated carbocycles. The molecule has 2 heterocycles. The number of ketones is 1. The monoisotopic (exact) mass is 483 g/mol. The van der Waals surface area contributed by atoms with Crippen LogP contribution in [0.15, 0.2) is 42.7 Å². The summed E-state index contributed by atoms with van der Waals surface area (Å²) >= 11 is 0. The standard InChI is InChI=1S/C27H28F3N3O2/c1-3-35-19-12-22(29)26(23(30)13-19)27-21(28)4-5-24(33-27)25(34)11-17-14-32-7-6-20(17)16-8-15(2)9-18(31)10-16/h4-7,12-16,18H,3,8-11,31H2,1-2H3/t15-,16+,18-/m0/s1. The lowest BCUT2D eigenvalue weighted by atomic mass is 9.75. The lowest BCUT2D eigenvalue weighted by molar-refractivity contribution is 0.0987. The van der Waals surface area contributed by atoms with Crippen molar-refractivity contribution in [1.82, 2.24) is 9.97 Å². The van der Waals surface area contributed by atoms with Crippen LogP contribution in [-0.2, 0) is 6.42 Å². The van der Waals surface area contributed by atoms with Gasteiger partial charge in [0, 0.05) is 37.0 Å². The highest BCUT2D eigenvalue weighted by molar-refractivity contribution is 5.96. The van der Waals surface area contributed by atoms with Gasteiger partial charge in [0.05, 0.1) is 12.2 Å². The maximum atomic E-state index is 14.7. The second-order valence-corrected chi connectivity index (χ2v) is 9.17. The number of hydrogen-bond acceptors (Lipinski definition) is 5. The number of hydrogen-bond donors (Lipinski definition) is 1. The topological polar surface area (TPSA) is 78.1 Å². The van der Waals surface area contributed by atoms with Crippen LogP contribution in [-0.4, -0.2) is 28.4 Å². The van der Waals surface area contributed by atoms with Gasteiger partial charge in [0.25, 0.3) is 0 Å². The lowest BCUT2D eigenvalue weighted by Crippen LogP contribution is -2.31. The number of Topliss-reactive ketones (excluding diaryl/α,β-unsaturated/α-hetero) is 1. The van der Waals surface area contributed by atoms with E-state index in [1.807, 2.05) is 6.07 Å². The zero-order chi connectivity index (χ0) is 25.1. The van der Waals surface area contributed by atoms with Crippen molar-refractivity contribution in [2.45, 2.75) is 51.5 Å². The van der Waals surface area contributed by atoms with E-state index in [-0.39, 0.29) is 36.4 Å². The average molecular weight is 484 g/mol. The molecule has 0 amide bonds. The number of benzene rings is 1. The minimum atomic E-state index is -1.03. The van der Waals surface area contributed by atoms with Crippen LogP contribution in [0.2, 0.25) is 0 Å². The first-order valence-corrected chi connectivity index (χ1v) is 11.8. The Hall–Kier alpha value is -3.26. The van der Waals surface area contributed by atoms with Crippen LogP contribution in [0, 0.1) is 23.4 Å². The fourth-order valence-corrected chi connectivity index (χ4v) is 4.96. The van der Waals surface area contributed by atoms with Crippen LogP contribution in [0.4, 0.5) is 13.2 Å². The summed E-state index contributed by atoms with van der Waals surface area (Å²) in [5.74, 6) is -2.72. The van der Waals surface area contributed by atoms with Crippen LogP contribution < -0.4 is 10.5 Å². The Morgan fingerprint density at radius 2 is 1.83 bits per heavy atom. The van der Waals surface area contributed by atoms with E-state index in [4.69, 9.17) is 10.5 Å². The van der Waals surface area contributed by atoms with Gasteiger partial charge in [0.1, 0.15) is 34.6 Å². The highest BCUT2D eigenvalue weighted by Gasteiger charge is 2.28. The Balaban J connectivity index is 1.63. The normalized spacial score (nSPS) is 20.0. The number of carbonyl (C=O) groups excluding carboxylic acids is 1. The van der Waals surface area contributed by atoms with Crippen molar-refractivity contribution in [2.75, 3.05) is 6.61 Å². The molecule has 1 aliphatic carbocycles. The van der Waals surface area contributed by atoms with Gasteiger partial charge < -0.3 is 10.5 Å². The molecule has 1 fully saturated rings. The molecule has 8 heteroatoms. The van der Waals surface area contributed by atoms with E-state index in [2.05, 4.69) is 16.9 Å². The van der Waals surface area contributed by atoms with Crippen LogP contribution >= 0.6 is 0 Å². The predicted molar refractivity (Wildman–Crippen MR) is 127 cm³/mol. The molecule has 2 N–H and O–H groups in total. The fraction of sp³-hybridized carbons (Fsp3) is 0.370. The van der Waals surface area contributed by atoms with E-state index in [9.17, 15) is 18.0 Å². The minimum Gasteiger partial charge on any atom is -0.494 e. The average Bonchev–Trinajstić information content (AvgIpc) is 2.79. The molecule has 35 heavy (non-hydrogen) atoms. The zero-order valence-electron chi connectivity index (χ0n) is 19.7. The quantitative estimate of drug-likeness (QED) is 0.442. The summed E-state index contributed by atoms with van der Waals surface area (Å²) in [6, 6.07) is 6.16. The van der Waals surface area contributed by atoms with Gasteiger partial charge in [-0.3, -0.25) is 9.78 Å². The van der Waals surface area contributed by atoms with Gasteiger partial charge in [-0.05, 0) is 67.3 Å². The number of pyridine rings is 2. The van der Waals surface area contributed by atoms with Gasteiger partial charge in [0.2, 0.25) is 0 Å². The number of ether oxygens (including phenoxy) is 1. The van der Waals surface area contributed by atoms with E-state index < -0.39 is 34.5 Å². The Morgan fingerprint density at radius 3 is 2.51 bits per heavy atom. The van der Waals surface area contributed by atoms with Crippen molar-refractivity contribution in [3.63, 3.8) is 0 Å². The van der Waals surface area contributed by atoms with Crippen molar-refractivity contribution in [1.29, 1.82) is 0 Å². The summed E-state index contributed by atoms with van der Waals surface area (Å²) in [4.78, 5) is 21.3. The molecule has 0 bridgehead atoms. The lowest BCUT2D eigenvalue weighted by Gasteiger charge is -2.32. The minimum absolute atomic E-state index is 0.0141. The fourth-order valence-electron chi connectivity index (χ4n) is 4.96. The third-order valence-electron chi connectivity index (χ3n) is 6.41. The Morgan fingerprint density at radius 1 is 1.09 bits per heavy atom. The molecule has 3 aromatic rings. The SMILES string of the molecule is CCOc1cc(F)c(-c2nc(C(=O)Cc3cnccc3[C@@H]3C[C@H](C)C[C@H](N)C3)ccc2F)c(F)c1. The number of aromatic nitrogens is 2. The third-order valence-corrected chi connectivity index (χ3v) is 6.41. The summed E-state index contributed by atoms with van der Waals surface area (Å²) < 4.78 is 49.0.